The van der Waals surface area contributed by atoms with Crippen molar-refractivity contribution in [1.29, 1.82) is 0 Å². The lowest BCUT2D eigenvalue weighted by Crippen LogP contribution is -2.36. The molecule has 0 radical (unpaired) electrons. The molecule has 5 rings (SSSR count). The third kappa shape index (κ3) is 6.48. The Balaban J connectivity index is 0.00000442. The summed E-state index contributed by atoms with van der Waals surface area (Å²) in [6.07, 6.45) is 0. The first-order chi connectivity index (χ1) is 20.4. The van der Waals surface area contributed by atoms with Crippen LogP contribution in [-0.2, 0) is 12.0 Å². The summed E-state index contributed by atoms with van der Waals surface area (Å²) >= 11 is 0. The average Bonchev–Trinajstić information content (AvgIpc) is 3.57. The molecular weight excluding hydrogens is 560 g/mol. The van der Waals surface area contributed by atoms with Crippen molar-refractivity contribution in [2.75, 3.05) is 15.5 Å². The van der Waals surface area contributed by atoms with Crippen molar-refractivity contribution in [3.63, 3.8) is 0 Å². The Hall–Kier alpha value is -5.39. The number of urea groups is 1. The predicted molar refractivity (Wildman–Crippen MR) is 168 cm³/mol. The molecule has 0 spiro atoms. The lowest BCUT2D eigenvalue weighted by Gasteiger charge is -2.25. The van der Waals surface area contributed by atoms with Crippen molar-refractivity contribution in [2.45, 2.75) is 60.0 Å². The zero-order valence-corrected chi connectivity index (χ0v) is 24.5. The Morgan fingerprint density at radius 3 is 2.16 bits per heavy atom. The van der Waals surface area contributed by atoms with Gasteiger partial charge in [0.25, 0.3) is 23.7 Å². The Kier molecular flexibility index (Phi) is 8.93. The summed E-state index contributed by atoms with van der Waals surface area (Å²) in [5.74, 6) is -1.07. The smallest absolute Gasteiger partial charge is 0.308 e. The van der Waals surface area contributed by atoms with Gasteiger partial charge in [-0.1, -0.05) is 57.6 Å². The van der Waals surface area contributed by atoms with E-state index in [1.54, 1.807) is 55.1 Å². The number of fused-ring (bicyclic) bond motifs is 1. The van der Waals surface area contributed by atoms with E-state index in [4.69, 9.17) is 0 Å². The monoisotopic (exact) mass is 596 g/mol. The van der Waals surface area contributed by atoms with Gasteiger partial charge in [-0.15, -0.1) is 5.10 Å². The van der Waals surface area contributed by atoms with Crippen LogP contribution in [0.25, 0.3) is 0 Å². The molecule has 44 heavy (non-hydrogen) atoms. The van der Waals surface area contributed by atoms with E-state index in [1.165, 1.54) is 11.0 Å². The summed E-state index contributed by atoms with van der Waals surface area (Å²) in [5.41, 5.74) is 3.82. The molecule has 5 amide bonds. The summed E-state index contributed by atoms with van der Waals surface area (Å²) < 4.78 is 0. The van der Waals surface area contributed by atoms with Crippen LogP contribution in [0.3, 0.4) is 0 Å². The number of tetrazole rings is 1. The number of benzene rings is 3. The lowest BCUT2D eigenvalue weighted by molar-refractivity contribution is 0.0608. The van der Waals surface area contributed by atoms with Crippen LogP contribution in [0.4, 0.5) is 22.1 Å². The number of hydrogen-bond donors (Lipinski definition) is 3. The first-order valence-electron chi connectivity index (χ1n) is 13.8. The number of imide groups is 1. The number of aromatic nitrogens is 4. The van der Waals surface area contributed by atoms with Gasteiger partial charge in [0.1, 0.15) is 0 Å². The minimum atomic E-state index is -0.431. The van der Waals surface area contributed by atoms with Gasteiger partial charge in [0.05, 0.1) is 17.7 Å². The number of nitrogens with one attached hydrogen (secondary N) is 3. The molecule has 228 valence electrons. The normalized spacial score (nSPS) is 12.5. The van der Waals surface area contributed by atoms with Crippen molar-refractivity contribution >= 4 is 41.1 Å². The molecular formula is C32H36N8O4. The molecule has 12 nitrogen and oxygen atoms in total. The van der Waals surface area contributed by atoms with Crippen molar-refractivity contribution < 1.29 is 19.2 Å². The maximum absolute atomic E-state index is 13.7. The first kappa shape index (κ1) is 31.5. The number of rotatable bonds is 7. The van der Waals surface area contributed by atoms with Gasteiger partial charge >= 0.3 is 6.03 Å². The van der Waals surface area contributed by atoms with E-state index >= 15 is 0 Å². The summed E-state index contributed by atoms with van der Waals surface area (Å²) in [7, 11) is 0. The molecule has 0 atom stereocenters. The van der Waals surface area contributed by atoms with Crippen LogP contribution in [0.2, 0.25) is 0 Å². The Morgan fingerprint density at radius 2 is 1.57 bits per heavy atom. The molecule has 4 aromatic rings. The van der Waals surface area contributed by atoms with Gasteiger partial charge in [-0.3, -0.25) is 29.5 Å². The molecule has 1 aliphatic rings. The molecule has 2 heterocycles. The maximum atomic E-state index is 13.7. The van der Waals surface area contributed by atoms with Crippen LogP contribution in [0.15, 0.2) is 66.7 Å². The van der Waals surface area contributed by atoms with Gasteiger partial charge in [-0.05, 0) is 78.1 Å². The second-order valence-electron chi connectivity index (χ2n) is 11.5. The highest BCUT2D eigenvalue weighted by Gasteiger charge is 2.37. The quantitative estimate of drug-likeness (QED) is 0.234. The van der Waals surface area contributed by atoms with Crippen molar-refractivity contribution in [2.24, 2.45) is 0 Å². The third-order valence-electron chi connectivity index (χ3n) is 7.10. The second-order valence-corrected chi connectivity index (χ2v) is 11.5. The Labute approximate surface area is 255 Å². The number of hydrogen-bond acceptors (Lipinski definition) is 7. The van der Waals surface area contributed by atoms with Gasteiger partial charge in [0.2, 0.25) is 0 Å². The van der Waals surface area contributed by atoms with Crippen LogP contribution >= 0.6 is 0 Å². The fourth-order valence-electron chi connectivity index (χ4n) is 4.75. The average molecular weight is 597 g/mol. The molecule has 3 N–H and O–H groups in total. The van der Waals surface area contributed by atoms with E-state index in [2.05, 4.69) is 52.0 Å². The van der Waals surface area contributed by atoms with Crippen LogP contribution in [-0.4, -0.2) is 55.3 Å². The molecule has 3 aromatic carbocycles. The molecule has 1 aromatic heterocycles. The highest BCUT2D eigenvalue weighted by atomic mass is 16.2. The zero-order chi connectivity index (χ0) is 30.9. The first-order valence-corrected chi connectivity index (χ1v) is 13.8. The van der Waals surface area contributed by atoms with Gasteiger partial charge < -0.3 is 5.32 Å². The van der Waals surface area contributed by atoms with Crippen LogP contribution in [0.1, 0.15) is 84.2 Å². The van der Waals surface area contributed by atoms with Gasteiger partial charge in [-0.2, -0.15) is 5.21 Å². The molecule has 0 saturated heterocycles. The van der Waals surface area contributed by atoms with E-state index in [0.29, 0.717) is 22.5 Å². The van der Waals surface area contributed by atoms with E-state index in [9.17, 15) is 19.2 Å². The molecule has 1 aliphatic heterocycles. The molecule has 0 unspecified atom stereocenters. The van der Waals surface area contributed by atoms with Crippen LogP contribution < -0.4 is 15.5 Å². The van der Waals surface area contributed by atoms with Gasteiger partial charge in [-0.25, -0.2) is 4.79 Å². The number of amides is 5. The zero-order valence-electron chi connectivity index (χ0n) is 24.5. The number of carbonyl (C=O) groups is 4. The molecule has 0 aliphatic carbocycles. The Bertz CT molecular complexity index is 1670. The van der Waals surface area contributed by atoms with Crippen molar-refractivity contribution in [3.05, 3.63) is 94.5 Å². The standard InChI is InChI=1S/C31H32N8O4.CH4/c1-18(2)39-27(41)24-15-12-22(16-25(24)28(39)42)32-30(43)38(23-13-10-21(11-14-23)31(3,4)5)17-19-6-8-20(9-7-19)26(40)33-29-34-36-37-35-29;/h6-16,18H,17H2,1-5H3,(H,32,43)(H2,33,34,35,36,37,40);1H4. The third-order valence-corrected chi connectivity index (χ3v) is 7.10. The molecule has 0 bridgehead atoms. The summed E-state index contributed by atoms with van der Waals surface area (Å²) in [6.45, 7) is 10.1. The van der Waals surface area contributed by atoms with E-state index < -0.39 is 11.9 Å². The minimum Gasteiger partial charge on any atom is -0.308 e. The number of anilines is 3. The molecule has 12 heteroatoms. The van der Waals surface area contributed by atoms with E-state index in [-0.39, 0.29) is 48.8 Å². The highest BCUT2D eigenvalue weighted by molar-refractivity contribution is 6.22. The van der Waals surface area contributed by atoms with Gasteiger partial charge in [0, 0.05) is 23.0 Å². The minimum absolute atomic E-state index is 0. The SMILES string of the molecule is C.CC(C)N1C(=O)c2ccc(NC(=O)N(Cc3ccc(C(=O)Nc4nn[nH]n4)cc3)c3ccc(C(C)(C)C)cc3)cc2C1=O. The van der Waals surface area contributed by atoms with Gasteiger partial charge in [0.15, 0.2) is 0 Å². The fourth-order valence-corrected chi connectivity index (χ4v) is 4.75. The second kappa shape index (κ2) is 12.5. The Morgan fingerprint density at radius 1 is 0.909 bits per heavy atom. The highest BCUT2D eigenvalue weighted by Crippen LogP contribution is 2.29. The summed E-state index contributed by atoms with van der Waals surface area (Å²) in [6, 6.07) is 18.6. The number of carbonyl (C=O) groups excluding carboxylic acids is 4. The van der Waals surface area contributed by atoms with Crippen LogP contribution in [0, 0.1) is 0 Å². The van der Waals surface area contributed by atoms with Crippen molar-refractivity contribution in [3.8, 4) is 0 Å². The molecule has 0 saturated carbocycles. The number of nitrogens with zero attached hydrogens (tertiary/aromatic N) is 5. The predicted octanol–water partition coefficient (Wildman–Crippen LogP) is 5.63. The fraction of sp³-hybridized carbons (Fsp3) is 0.281. The van der Waals surface area contributed by atoms with Crippen LogP contribution in [0.5, 0.6) is 0 Å². The lowest BCUT2D eigenvalue weighted by atomic mass is 9.87. The maximum Gasteiger partial charge on any atom is 0.326 e. The van der Waals surface area contributed by atoms with Crippen molar-refractivity contribution in [1.82, 2.24) is 25.5 Å². The number of H-pyrrole nitrogens is 1. The molecule has 0 fully saturated rings. The van der Waals surface area contributed by atoms with E-state index in [1.807, 2.05) is 24.3 Å². The summed E-state index contributed by atoms with van der Waals surface area (Å²) in [5, 5.41) is 18.6. The summed E-state index contributed by atoms with van der Waals surface area (Å²) in [4.78, 5) is 54.6. The largest absolute Gasteiger partial charge is 0.326 e. The van der Waals surface area contributed by atoms with E-state index in [0.717, 1.165) is 11.1 Å². The number of aromatic amines is 1. The topological polar surface area (TPSA) is 153 Å².